The third-order valence-corrected chi connectivity index (χ3v) is 3.83. The Kier molecular flexibility index (Phi) is 3.27. The minimum absolute atomic E-state index is 0.0900. The van der Waals surface area contributed by atoms with E-state index in [9.17, 15) is 0 Å². The van der Waals surface area contributed by atoms with Crippen molar-refractivity contribution < 1.29 is 5.21 Å². The highest BCUT2D eigenvalue weighted by Gasteiger charge is 2.30. The molecule has 0 radical (unpaired) electrons. The Morgan fingerprint density at radius 2 is 1.95 bits per heavy atom. The molecule has 102 valence electrons. The van der Waals surface area contributed by atoms with Crippen LogP contribution in [0.5, 0.6) is 0 Å². The molecule has 2 aliphatic carbocycles. The van der Waals surface area contributed by atoms with Gasteiger partial charge in [-0.05, 0) is 49.7 Å². The van der Waals surface area contributed by atoms with E-state index in [0.717, 1.165) is 30.6 Å². The number of pyridine rings is 1. The topological polar surface area (TPSA) is 74.7 Å². The van der Waals surface area contributed by atoms with Gasteiger partial charge in [0.2, 0.25) is 0 Å². The van der Waals surface area contributed by atoms with Gasteiger partial charge in [0, 0.05) is 19.3 Å². The first-order chi connectivity index (χ1) is 9.28. The number of anilines is 1. The molecule has 0 amide bonds. The fourth-order valence-electron chi connectivity index (χ4n) is 2.39. The number of aromatic nitrogens is 1. The molecule has 3 N–H and O–H groups in total. The Morgan fingerprint density at radius 3 is 2.47 bits per heavy atom. The number of nitrogens with zero attached hydrogens (tertiary/aromatic N) is 3. The number of rotatable bonds is 6. The average molecular weight is 260 g/mol. The lowest BCUT2D eigenvalue weighted by atomic mass is 10.2. The van der Waals surface area contributed by atoms with Gasteiger partial charge in [-0.25, -0.2) is 0 Å². The normalized spacial score (nSPS) is 19.5. The minimum atomic E-state index is 0.0900. The molecule has 2 saturated carbocycles. The summed E-state index contributed by atoms with van der Waals surface area (Å²) in [6.07, 6.45) is 6.96. The summed E-state index contributed by atoms with van der Waals surface area (Å²) in [5.74, 6) is 1.70. The zero-order valence-corrected chi connectivity index (χ0v) is 11.0. The Morgan fingerprint density at radius 1 is 1.32 bits per heavy atom. The van der Waals surface area contributed by atoms with Crippen molar-refractivity contribution in [3.8, 4) is 0 Å². The quantitative estimate of drug-likeness (QED) is 0.354. The van der Waals surface area contributed by atoms with Crippen molar-refractivity contribution in [3.63, 3.8) is 0 Å². The van der Waals surface area contributed by atoms with Crippen LogP contribution in [0.3, 0.4) is 0 Å². The predicted octanol–water partition coefficient (Wildman–Crippen LogP) is 1.80. The predicted molar refractivity (Wildman–Crippen MR) is 74.4 cm³/mol. The Bertz CT molecular complexity index is 466. The van der Waals surface area contributed by atoms with Gasteiger partial charge in [0.15, 0.2) is 5.84 Å². The van der Waals surface area contributed by atoms with Crippen LogP contribution in [0.1, 0.15) is 31.4 Å². The number of nitrogens with two attached hydrogens (primary N) is 1. The summed E-state index contributed by atoms with van der Waals surface area (Å²) in [5, 5.41) is 12.0. The molecule has 1 heterocycles. The fraction of sp³-hybridized carbons (Fsp3) is 0.571. The summed E-state index contributed by atoms with van der Waals surface area (Å²) in [5.41, 5.74) is 7.32. The summed E-state index contributed by atoms with van der Waals surface area (Å²) in [6, 6.07) is 3.93. The molecule has 0 spiro atoms. The second kappa shape index (κ2) is 5.07. The Hall–Kier alpha value is -1.78. The van der Waals surface area contributed by atoms with E-state index in [0.29, 0.717) is 5.69 Å². The highest BCUT2D eigenvalue weighted by Crippen LogP contribution is 2.36. The molecule has 2 aliphatic rings. The van der Waals surface area contributed by atoms with Gasteiger partial charge >= 0.3 is 0 Å². The standard InChI is InChI=1S/C14H20N4O/c15-14(17-19)13-12(2-1-7-16-13)18(8-10-3-4-10)9-11-5-6-11/h1-2,7,10-11,19H,3-6,8-9H2,(H2,15,17). The first kappa shape index (κ1) is 12.3. The molecule has 0 aliphatic heterocycles. The first-order valence-electron chi connectivity index (χ1n) is 6.95. The zero-order chi connectivity index (χ0) is 13.2. The maximum atomic E-state index is 8.89. The van der Waals surface area contributed by atoms with Crippen molar-refractivity contribution >= 4 is 11.5 Å². The van der Waals surface area contributed by atoms with Gasteiger partial charge in [-0.15, -0.1) is 0 Å². The second-order valence-electron chi connectivity index (χ2n) is 5.65. The van der Waals surface area contributed by atoms with Crippen molar-refractivity contribution in [1.82, 2.24) is 4.98 Å². The van der Waals surface area contributed by atoms with Crippen LogP contribution < -0.4 is 10.6 Å². The van der Waals surface area contributed by atoms with Gasteiger partial charge in [-0.3, -0.25) is 4.98 Å². The highest BCUT2D eigenvalue weighted by molar-refractivity contribution is 6.00. The Balaban J connectivity index is 1.86. The van der Waals surface area contributed by atoms with E-state index in [1.165, 1.54) is 25.7 Å². The highest BCUT2D eigenvalue weighted by atomic mass is 16.4. The number of oxime groups is 1. The van der Waals surface area contributed by atoms with Gasteiger partial charge in [-0.1, -0.05) is 5.16 Å². The lowest BCUT2D eigenvalue weighted by molar-refractivity contribution is 0.318. The van der Waals surface area contributed by atoms with E-state index in [4.69, 9.17) is 10.9 Å². The van der Waals surface area contributed by atoms with E-state index >= 15 is 0 Å². The van der Waals surface area contributed by atoms with Crippen LogP contribution in [0.25, 0.3) is 0 Å². The van der Waals surface area contributed by atoms with Crippen molar-refractivity contribution in [3.05, 3.63) is 24.0 Å². The maximum Gasteiger partial charge on any atom is 0.190 e. The monoisotopic (exact) mass is 260 g/mol. The number of amidine groups is 1. The van der Waals surface area contributed by atoms with Crippen molar-refractivity contribution in [2.75, 3.05) is 18.0 Å². The largest absolute Gasteiger partial charge is 0.409 e. The smallest absolute Gasteiger partial charge is 0.190 e. The molecule has 1 aromatic rings. The molecule has 0 atom stereocenters. The van der Waals surface area contributed by atoms with Crippen LogP contribution in [0.2, 0.25) is 0 Å². The molecule has 0 unspecified atom stereocenters. The summed E-state index contributed by atoms with van der Waals surface area (Å²) in [4.78, 5) is 6.64. The summed E-state index contributed by atoms with van der Waals surface area (Å²) in [6.45, 7) is 2.13. The van der Waals surface area contributed by atoms with E-state index < -0.39 is 0 Å². The van der Waals surface area contributed by atoms with Crippen LogP contribution in [0, 0.1) is 11.8 Å². The van der Waals surface area contributed by atoms with Crippen LogP contribution in [0.15, 0.2) is 23.5 Å². The summed E-state index contributed by atoms with van der Waals surface area (Å²) in [7, 11) is 0. The Labute approximate surface area is 113 Å². The molecule has 5 heteroatoms. The van der Waals surface area contributed by atoms with E-state index in [1.807, 2.05) is 12.1 Å². The van der Waals surface area contributed by atoms with Crippen molar-refractivity contribution in [2.24, 2.45) is 22.7 Å². The third kappa shape index (κ3) is 2.97. The van der Waals surface area contributed by atoms with E-state index in [-0.39, 0.29) is 5.84 Å². The molecule has 3 rings (SSSR count). The van der Waals surface area contributed by atoms with Crippen LogP contribution in [0.4, 0.5) is 5.69 Å². The lowest BCUT2D eigenvalue weighted by Crippen LogP contribution is -2.31. The number of hydrogen-bond acceptors (Lipinski definition) is 4. The van der Waals surface area contributed by atoms with E-state index in [2.05, 4.69) is 15.0 Å². The summed E-state index contributed by atoms with van der Waals surface area (Å²) < 4.78 is 0. The van der Waals surface area contributed by atoms with Crippen LogP contribution in [-0.2, 0) is 0 Å². The second-order valence-corrected chi connectivity index (χ2v) is 5.65. The fourth-order valence-corrected chi connectivity index (χ4v) is 2.39. The van der Waals surface area contributed by atoms with Gasteiger partial charge in [0.05, 0.1) is 5.69 Å². The lowest BCUT2D eigenvalue weighted by Gasteiger charge is -2.26. The molecule has 1 aromatic heterocycles. The van der Waals surface area contributed by atoms with Gasteiger partial charge in [-0.2, -0.15) is 0 Å². The van der Waals surface area contributed by atoms with Crippen molar-refractivity contribution in [1.29, 1.82) is 0 Å². The molecule has 0 aromatic carbocycles. The third-order valence-electron chi connectivity index (χ3n) is 3.83. The van der Waals surface area contributed by atoms with E-state index in [1.54, 1.807) is 6.20 Å². The molecule has 19 heavy (non-hydrogen) atoms. The van der Waals surface area contributed by atoms with Gasteiger partial charge in [0.1, 0.15) is 5.69 Å². The van der Waals surface area contributed by atoms with Crippen LogP contribution in [-0.4, -0.2) is 29.1 Å². The van der Waals surface area contributed by atoms with Crippen LogP contribution >= 0.6 is 0 Å². The van der Waals surface area contributed by atoms with Gasteiger partial charge in [0.25, 0.3) is 0 Å². The number of hydrogen-bond donors (Lipinski definition) is 2. The average Bonchev–Trinajstić information content (AvgIpc) is 3.32. The molecule has 0 bridgehead atoms. The first-order valence-corrected chi connectivity index (χ1v) is 6.95. The van der Waals surface area contributed by atoms with Crippen molar-refractivity contribution in [2.45, 2.75) is 25.7 Å². The summed E-state index contributed by atoms with van der Waals surface area (Å²) >= 11 is 0. The van der Waals surface area contributed by atoms with Gasteiger partial charge < -0.3 is 15.8 Å². The molecule has 0 saturated heterocycles. The maximum absolute atomic E-state index is 8.89. The molecule has 5 nitrogen and oxygen atoms in total. The minimum Gasteiger partial charge on any atom is -0.409 e. The molecular formula is C14H20N4O. The molecular weight excluding hydrogens is 240 g/mol. The molecule has 2 fully saturated rings. The SMILES string of the molecule is N/C(=N/O)c1ncccc1N(CC1CC1)CC1CC1. The zero-order valence-electron chi connectivity index (χ0n) is 11.0.